The maximum absolute atomic E-state index is 12.3. The van der Waals surface area contributed by atoms with Gasteiger partial charge in [0, 0.05) is 18.8 Å². The van der Waals surface area contributed by atoms with Crippen molar-refractivity contribution in [2.45, 2.75) is 32.3 Å². The maximum Gasteiger partial charge on any atom is 0.315 e. The molecule has 1 amide bonds. The summed E-state index contributed by atoms with van der Waals surface area (Å²) in [5.74, 6) is -0.948. The molecule has 6 heteroatoms. The largest absolute Gasteiger partial charge is 0.481 e. The van der Waals surface area contributed by atoms with Gasteiger partial charge < -0.3 is 15.2 Å². The zero-order valence-electron chi connectivity index (χ0n) is 14.5. The fourth-order valence-electron chi connectivity index (χ4n) is 2.29. The van der Waals surface area contributed by atoms with E-state index in [1.807, 2.05) is 19.9 Å². The summed E-state index contributed by atoms with van der Waals surface area (Å²) < 4.78 is 5.43. The van der Waals surface area contributed by atoms with Crippen molar-refractivity contribution >= 4 is 11.9 Å². The Morgan fingerprint density at radius 2 is 1.88 bits per heavy atom. The summed E-state index contributed by atoms with van der Waals surface area (Å²) >= 11 is 0. The Kier molecular flexibility index (Phi) is 5.75. The first-order valence-electron chi connectivity index (χ1n) is 8.03. The van der Waals surface area contributed by atoms with E-state index in [4.69, 9.17) is 4.74 Å². The molecule has 0 saturated heterocycles. The highest BCUT2D eigenvalue weighted by molar-refractivity contribution is 5.94. The standard InChI is InChI=1S/C19H22N2O4/c1-13(2)25-16-10-9-14(11-20-16)17(22)21-12-19(3,18(23)24)15-7-5-4-6-8-15/h4-11,13H,12H2,1-3H3,(H,21,22)(H,23,24). The minimum atomic E-state index is -1.22. The number of carboxylic acids is 1. The van der Waals surface area contributed by atoms with Crippen LogP contribution in [0.2, 0.25) is 0 Å². The second kappa shape index (κ2) is 7.79. The summed E-state index contributed by atoms with van der Waals surface area (Å²) in [5, 5.41) is 12.3. The average Bonchev–Trinajstić information content (AvgIpc) is 2.60. The van der Waals surface area contributed by atoms with Crippen LogP contribution < -0.4 is 10.1 Å². The number of amides is 1. The van der Waals surface area contributed by atoms with Crippen LogP contribution in [0, 0.1) is 0 Å². The SMILES string of the molecule is CC(C)Oc1ccc(C(=O)NCC(C)(C(=O)O)c2ccccc2)cn1. The molecule has 2 rings (SSSR count). The molecule has 1 atom stereocenters. The van der Waals surface area contributed by atoms with Gasteiger partial charge in [-0.3, -0.25) is 9.59 Å². The van der Waals surface area contributed by atoms with Crippen LogP contribution in [0.3, 0.4) is 0 Å². The molecule has 0 spiro atoms. The van der Waals surface area contributed by atoms with E-state index in [0.29, 0.717) is 17.0 Å². The summed E-state index contributed by atoms with van der Waals surface area (Å²) in [6.07, 6.45) is 1.41. The maximum atomic E-state index is 12.3. The van der Waals surface area contributed by atoms with E-state index >= 15 is 0 Å². The molecule has 0 bridgehead atoms. The van der Waals surface area contributed by atoms with E-state index in [1.165, 1.54) is 6.20 Å². The van der Waals surface area contributed by atoms with Crippen molar-refractivity contribution in [3.63, 3.8) is 0 Å². The zero-order valence-corrected chi connectivity index (χ0v) is 14.5. The summed E-state index contributed by atoms with van der Waals surface area (Å²) in [5.41, 5.74) is -0.246. The first kappa shape index (κ1) is 18.4. The predicted octanol–water partition coefficient (Wildman–Crippen LogP) is 2.64. The number of carbonyl (C=O) groups is 2. The minimum absolute atomic E-state index is 0.00526. The number of pyridine rings is 1. The third-order valence-electron chi connectivity index (χ3n) is 3.84. The van der Waals surface area contributed by atoms with Gasteiger partial charge in [0.15, 0.2) is 0 Å². The summed E-state index contributed by atoms with van der Waals surface area (Å²) in [4.78, 5) is 28.1. The highest BCUT2D eigenvalue weighted by Gasteiger charge is 2.35. The van der Waals surface area contributed by atoms with Gasteiger partial charge in [0.2, 0.25) is 5.88 Å². The predicted molar refractivity (Wildman–Crippen MR) is 93.8 cm³/mol. The molecule has 1 heterocycles. The summed E-state index contributed by atoms with van der Waals surface area (Å²) in [6, 6.07) is 12.0. The Morgan fingerprint density at radius 3 is 2.40 bits per heavy atom. The molecule has 132 valence electrons. The number of hydrogen-bond acceptors (Lipinski definition) is 4. The van der Waals surface area contributed by atoms with Crippen LogP contribution in [0.25, 0.3) is 0 Å². The summed E-state index contributed by atoms with van der Waals surface area (Å²) in [6.45, 7) is 5.33. The van der Waals surface area contributed by atoms with Crippen molar-refractivity contribution in [1.82, 2.24) is 10.3 Å². The van der Waals surface area contributed by atoms with Crippen LogP contribution >= 0.6 is 0 Å². The van der Waals surface area contributed by atoms with Crippen molar-refractivity contribution in [3.05, 3.63) is 59.8 Å². The Balaban J connectivity index is 2.08. The van der Waals surface area contributed by atoms with Crippen LogP contribution in [-0.4, -0.2) is 34.6 Å². The van der Waals surface area contributed by atoms with Gasteiger partial charge in [-0.1, -0.05) is 30.3 Å². The molecule has 0 saturated carbocycles. The lowest BCUT2D eigenvalue weighted by Gasteiger charge is -2.25. The molecule has 0 fully saturated rings. The Hall–Kier alpha value is -2.89. The van der Waals surface area contributed by atoms with Gasteiger partial charge in [-0.2, -0.15) is 0 Å². The molecular weight excluding hydrogens is 320 g/mol. The average molecular weight is 342 g/mol. The molecule has 1 unspecified atom stereocenters. The van der Waals surface area contributed by atoms with Crippen LogP contribution in [0.4, 0.5) is 0 Å². The van der Waals surface area contributed by atoms with E-state index in [-0.39, 0.29) is 18.6 Å². The highest BCUT2D eigenvalue weighted by atomic mass is 16.5. The molecule has 6 nitrogen and oxygen atoms in total. The van der Waals surface area contributed by atoms with Crippen molar-refractivity contribution in [2.24, 2.45) is 0 Å². The zero-order chi connectivity index (χ0) is 18.4. The van der Waals surface area contributed by atoms with Crippen molar-refractivity contribution in [2.75, 3.05) is 6.54 Å². The molecule has 2 N–H and O–H groups in total. The molecule has 1 aromatic heterocycles. The first-order valence-corrected chi connectivity index (χ1v) is 8.03. The third-order valence-corrected chi connectivity index (χ3v) is 3.84. The van der Waals surface area contributed by atoms with Crippen LogP contribution in [-0.2, 0) is 10.2 Å². The highest BCUT2D eigenvalue weighted by Crippen LogP contribution is 2.23. The van der Waals surface area contributed by atoms with Gasteiger partial charge in [-0.25, -0.2) is 4.98 Å². The Labute approximate surface area is 146 Å². The third kappa shape index (κ3) is 4.56. The second-order valence-corrected chi connectivity index (χ2v) is 6.24. The normalized spacial score (nSPS) is 13.1. The quantitative estimate of drug-likeness (QED) is 0.807. The lowest BCUT2D eigenvalue weighted by Crippen LogP contribution is -2.44. The van der Waals surface area contributed by atoms with E-state index in [9.17, 15) is 14.7 Å². The van der Waals surface area contributed by atoms with Gasteiger partial charge in [0.05, 0.1) is 11.7 Å². The van der Waals surface area contributed by atoms with E-state index < -0.39 is 11.4 Å². The van der Waals surface area contributed by atoms with Gasteiger partial charge in [0.1, 0.15) is 5.41 Å². The molecule has 0 aliphatic carbocycles. The Bertz CT molecular complexity index is 729. The molecule has 0 aliphatic rings. The topological polar surface area (TPSA) is 88.5 Å². The number of hydrogen-bond donors (Lipinski definition) is 2. The number of aromatic nitrogens is 1. The number of aliphatic carboxylic acids is 1. The summed E-state index contributed by atoms with van der Waals surface area (Å²) in [7, 11) is 0. The van der Waals surface area contributed by atoms with Crippen molar-refractivity contribution in [1.29, 1.82) is 0 Å². The smallest absolute Gasteiger partial charge is 0.315 e. The van der Waals surface area contributed by atoms with E-state index in [0.717, 1.165) is 0 Å². The second-order valence-electron chi connectivity index (χ2n) is 6.24. The van der Waals surface area contributed by atoms with Gasteiger partial charge in [0.25, 0.3) is 5.91 Å². The monoisotopic (exact) mass is 342 g/mol. The number of rotatable bonds is 7. The van der Waals surface area contributed by atoms with Gasteiger partial charge in [-0.05, 0) is 32.4 Å². The van der Waals surface area contributed by atoms with Crippen molar-refractivity contribution in [3.8, 4) is 5.88 Å². The number of ether oxygens (including phenoxy) is 1. The van der Waals surface area contributed by atoms with Gasteiger partial charge >= 0.3 is 5.97 Å². The number of carboxylic acid groups (broad SMARTS) is 1. The lowest BCUT2D eigenvalue weighted by molar-refractivity contribution is -0.142. The molecule has 25 heavy (non-hydrogen) atoms. The van der Waals surface area contributed by atoms with Gasteiger partial charge in [-0.15, -0.1) is 0 Å². The van der Waals surface area contributed by atoms with Crippen molar-refractivity contribution < 1.29 is 19.4 Å². The lowest BCUT2D eigenvalue weighted by atomic mass is 9.82. The van der Waals surface area contributed by atoms with E-state index in [1.54, 1.807) is 43.3 Å². The minimum Gasteiger partial charge on any atom is -0.481 e. The number of nitrogens with one attached hydrogen (secondary N) is 1. The van der Waals surface area contributed by atoms with Crippen LogP contribution in [0.15, 0.2) is 48.7 Å². The fourth-order valence-corrected chi connectivity index (χ4v) is 2.29. The molecule has 0 aliphatic heterocycles. The molecular formula is C19H22N2O4. The number of benzene rings is 1. The van der Waals surface area contributed by atoms with E-state index in [2.05, 4.69) is 10.3 Å². The van der Waals surface area contributed by atoms with Crippen LogP contribution in [0.1, 0.15) is 36.7 Å². The molecule has 1 aromatic carbocycles. The van der Waals surface area contributed by atoms with Crippen LogP contribution in [0.5, 0.6) is 5.88 Å². The fraction of sp³-hybridized carbons (Fsp3) is 0.316. The molecule has 0 radical (unpaired) electrons. The number of nitrogens with zero attached hydrogens (tertiary/aromatic N) is 1. The first-order chi connectivity index (χ1) is 11.8. The molecule has 2 aromatic rings. The Morgan fingerprint density at radius 1 is 1.20 bits per heavy atom. The number of carbonyl (C=O) groups excluding carboxylic acids is 1.